The van der Waals surface area contributed by atoms with Crippen LogP contribution in [0.25, 0.3) is 0 Å². The smallest absolute Gasteiger partial charge is 0.409 e. The SMILES string of the molecule is CCOC(=O)N1CCN(C(=O)Nc2cc(C(C)(C)C)on2)CC1. The number of amides is 3. The molecule has 0 spiro atoms. The van der Waals surface area contributed by atoms with E-state index >= 15 is 0 Å². The normalized spacial score (nSPS) is 15.5. The minimum Gasteiger partial charge on any atom is -0.450 e. The van der Waals surface area contributed by atoms with E-state index in [4.69, 9.17) is 9.26 Å². The molecule has 8 heteroatoms. The lowest BCUT2D eigenvalue weighted by Crippen LogP contribution is -2.51. The average molecular weight is 324 g/mol. The molecule has 3 amide bonds. The number of hydrogen-bond acceptors (Lipinski definition) is 5. The van der Waals surface area contributed by atoms with Gasteiger partial charge in [-0.1, -0.05) is 25.9 Å². The van der Waals surface area contributed by atoms with Gasteiger partial charge in [0.05, 0.1) is 6.61 Å². The molecule has 1 aliphatic rings. The Morgan fingerprint density at radius 2 is 1.87 bits per heavy atom. The number of carbonyl (C=O) groups excluding carboxylic acids is 2. The molecule has 1 aliphatic heterocycles. The highest BCUT2D eigenvalue weighted by molar-refractivity contribution is 5.88. The van der Waals surface area contributed by atoms with Gasteiger partial charge in [0.1, 0.15) is 5.76 Å². The Morgan fingerprint density at radius 3 is 2.39 bits per heavy atom. The van der Waals surface area contributed by atoms with Gasteiger partial charge in [-0.25, -0.2) is 9.59 Å². The maximum absolute atomic E-state index is 12.2. The van der Waals surface area contributed by atoms with Crippen LogP contribution in [0.15, 0.2) is 10.6 Å². The highest BCUT2D eigenvalue weighted by Gasteiger charge is 2.26. The summed E-state index contributed by atoms with van der Waals surface area (Å²) in [5, 5.41) is 6.59. The Labute approximate surface area is 135 Å². The molecule has 128 valence electrons. The molecular weight excluding hydrogens is 300 g/mol. The highest BCUT2D eigenvalue weighted by Crippen LogP contribution is 2.24. The van der Waals surface area contributed by atoms with E-state index in [0.29, 0.717) is 44.4 Å². The van der Waals surface area contributed by atoms with Crippen LogP contribution < -0.4 is 5.32 Å². The van der Waals surface area contributed by atoms with E-state index in [0.717, 1.165) is 0 Å². The first kappa shape index (κ1) is 17.1. The van der Waals surface area contributed by atoms with Crippen molar-refractivity contribution in [2.45, 2.75) is 33.1 Å². The van der Waals surface area contributed by atoms with E-state index in [1.165, 1.54) is 0 Å². The number of ether oxygens (including phenoxy) is 1. The van der Waals surface area contributed by atoms with Crippen molar-refractivity contribution < 1.29 is 18.8 Å². The summed E-state index contributed by atoms with van der Waals surface area (Å²) in [6.07, 6.45) is -0.334. The number of aromatic nitrogens is 1. The second kappa shape index (κ2) is 6.89. The molecule has 1 aromatic heterocycles. The Hall–Kier alpha value is -2.25. The molecule has 1 fully saturated rings. The standard InChI is InChI=1S/C15H24N4O4/c1-5-22-14(21)19-8-6-18(7-9-19)13(20)16-12-10-11(23-17-12)15(2,3)4/h10H,5-9H2,1-4H3,(H,16,17,20). The molecule has 0 aliphatic carbocycles. The Kier molecular flexibility index (Phi) is 5.12. The maximum atomic E-state index is 12.2. The fraction of sp³-hybridized carbons (Fsp3) is 0.667. The lowest BCUT2D eigenvalue weighted by atomic mass is 9.93. The number of nitrogens with one attached hydrogen (secondary N) is 1. The van der Waals surface area contributed by atoms with Gasteiger partial charge in [0.25, 0.3) is 0 Å². The molecule has 0 aromatic carbocycles. The number of rotatable bonds is 2. The Bertz CT molecular complexity index is 556. The van der Waals surface area contributed by atoms with Gasteiger partial charge in [-0.15, -0.1) is 0 Å². The van der Waals surface area contributed by atoms with Crippen LogP contribution in [0.1, 0.15) is 33.5 Å². The van der Waals surface area contributed by atoms with Crippen molar-refractivity contribution in [1.29, 1.82) is 0 Å². The van der Waals surface area contributed by atoms with Gasteiger partial charge in [0.2, 0.25) is 0 Å². The molecule has 1 aromatic rings. The number of piperazine rings is 1. The van der Waals surface area contributed by atoms with Gasteiger partial charge in [0.15, 0.2) is 5.82 Å². The van der Waals surface area contributed by atoms with Gasteiger partial charge < -0.3 is 19.1 Å². The molecule has 2 heterocycles. The van der Waals surface area contributed by atoms with E-state index < -0.39 is 0 Å². The summed E-state index contributed by atoms with van der Waals surface area (Å²) in [5.74, 6) is 1.10. The monoisotopic (exact) mass is 324 g/mol. The second-order valence-electron chi connectivity index (χ2n) is 6.43. The predicted octanol–water partition coefficient (Wildman–Crippen LogP) is 2.28. The van der Waals surface area contributed by atoms with Crippen LogP contribution in [0, 0.1) is 0 Å². The van der Waals surface area contributed by atoms with E-state index in [1.54, 1.807) is 22.8 Å². The van der Waals surface area contributed by atoms with Gasteiger partial charge in [-0.05, 0) is 6.92 Å². The maximum Gasteiger partial charge on any atom is 0.409 e. The zero-order chi connectivity index (χ0) is 17.0. The van der Waals surface area contributed by atoms with Crippen LogP contribution in [0.5, 0.6) is 0 Å². The second-order valence-corrected chi connectivity index (χ2v) is 6.43. The van der Waals surface area contributed by atoms with Crippen molar-refractivity contribution in [2.75, 3.05) is 38.1 Å². The minimum atomic E-state index is -0.334. The largest absolute Gasteiger partial charge is 0.450 e. The summed E-state index contributed by atoms with van der Waals surface area (Å²) in [5.41, 5.74) is -0.165. The zero-order valence-electron chi connectivity index (χ0n) is 14.1. The van der Waals surface area contributed by atoms with E-state index in [1.807, 2.05) is 20.8 Å². The van der Waals surface area contributed by atoms with Crippen LogP contribution in [0.4, 0.5) is 15.4 Å². The zero-order valence-corrected chi connectivity index (χ0v) is 14.1. The first-order valence-corrected chi connectivity index (χ1v) is 7.76. The quantitative estimate of drug-likeness (QED) is 0.901. The van der Waals surface area contributed by atoms with Crippen molar-refractivity contribution in [3.63, 3.8) is 0 Å². The molecule has 0 unspecified atom stereocenters. The third kappa shape index (κ3) is 4.37. The van der Waals surface area contributed by atoms with Gasteiger partial charge in [-0.3, -0.25) is 5.32 Å². The molecule has 0 saturated carbocycles. The van der Waals surface area contributed by atoms with Crippen molar-refractivity contribution in [1.82, 2.24) is 15.0 Å². The average Bonchev–Trinajstić information content (AvgIpc) is 2.96. The van der Waals surface area contributed by atoms with Gasteiger partial charge in [-0.2, -0.15) is 0 Å². The number of carbonyl (C=O) groups is 2. The van der Waals surface area contributed by atoms with Crippen LogP contribution in [0.3, 0.4) is 0 Å². The predicted molar refractivity (Wildman–Crippen MR) is 84.4 cm³/mol. The molecule has 23 heavy (non-hydrogen) atoms. The minimum absolute atomic E-state index is 0.165. The van der Waals surface area contributed by atoms with Crippen LogP contribution in [-0.2, 0) is 10.2 Å². The first-order valence-electron chi connectivity index (χ1n) is 7.76. The number of urea groups is 1. The third-order valence-corrected chi connectivity index (χ3v) is 3.58. The number of hydrogen-bond donors (Lipinski definition) is 1. The third-order valence-electron chi connectivity index (χ3n) is 3.58. The van der Waals surface area contributed by atoms with Crippen molar-refractivity contribution in [3.05, 3.63) is 11.8 Å². The summed E-state index contributed by atoms with van der Waals surface area (Å²) >= 11 is 0. The Balaban J connectivity index is 1.86. The van der Waals surface area contributed by atoms with Crippen LogP contribution in [0.2, 0.25) is 0 Å². The fourth-order valence-corrected chi connectivity index (χ4v) is 2.18. The van der Waals surface area contributed by atoms with Crippen LogP contribution >= 0.6 is 0 Å². The van der Waals surface area contributed by atoms with Crippen molar-refractivity contribution >= 4 is 17.9 Å². The van der Waals surface area contributed by atoms with E-state index in [-0.39, 0.29) is 17.5 Å². The Morgan fingerprint density at radius 1 is 1.26 bits per heavy atom. The summed E-state index contributed by atoms with van der Waals surface area (Å²) in [4.78, 5) is 27.1. The van der Waals surface area contributed by atoms with Crippen LogP contribution in [-0.4, -0.2) is 59.9 Å². The van der Waals surface area contributed by atoms with Gasteiger partial charge in [0, 0.05) is 37.7 Å². The lowest BCUT2D eigenvalue weighted by Gasteiger charge is -2.33. The molecule has 1 saturated heterocycles. The van der Waals surface area contributed by atoms with Crippen molar-refractivity contribution in [3.8, 4) is 0 Å². The molecule has 2 rings (SSSR count). The summed E-state index contributed by atoms with van der Waals surface area (Å²) in [7, 11) is 0. The summed E-state index contributed by atoms with van der Waals surface area (Å²) < 4.78 is 10.2. The lowest BCUT2D eigenvalue weighted by molar-refractivity contribution is 0.0868. The summed E-state index contributed by atoms with van der Waals surface area (Å²) in [6.45, 7) is 9.96. The molecule has 0 bridgehead atoms. The number of nitrogens with zero attached hydrogens (tertiary/aromatic N) is 3. The molecular formula is C15H24N4O4. The highest BCUT2D eigenvalue weighted by atomic mass is 16.6. The van der Waals surface area contributed by atoms with Gasteiger partial charge >= 0.3 is 12.1 Å². The molecule has 8 nitrogen and oxygen atoms in total. The molecule has 0 radical (unpaired) electrons. The number of anilines is 1. The first-order chi connectivity index (χ1) is 10.8. The van der Waals surface area contributed by atoms with Crippen molar-refractivity contribution in [2.24, 2.45) is 0 Å². The topological polar surface area (TPSA) is 87.9 Å². The van der Waals surface area contributed by atoms with E-state index in [9.17, 15) is 9.59 Å². The fourth-order valence-electron chi connectivity index (χ4n) is 2.18. The molecule has 0 atom stereocenters. The molecule has 1 N–H and O–H groups in total. The summed E-state index contributed by atoms with van der Waals surface area (Å²) in [6, 6.07) is 1.48. The van der Waals surface area contributed by atoms with E-state index in [2.05, 4.69) is 10.5 Å².